The first kappa shape index (κ1) is 12.5. The molecule has 0 aromatic heterocycles. The van der Waals surface area contributed by atoms with Crippen LogP contribution in [0.2, 0.25) is 0 Å². The second kappa shape index (κ2) is 4.94. The van der Waals surface area contributed by atoms with Crippen molar-refractivity contribution in [3.8, 4) is 0 Å². The smallest absolute Gasteiger partial charge is 0.242 e. The van der Waals surface area contributed by atoms with Crippen molar-refractivity contribution >= 4 is 5.91 Å². The first-order valence-corrected chi connectivity index (χ1v) is 5.63. The summed E-state index contributed by atoms with van der Waals surface area (Å²) in [7, 11) is 0. The first-order valence-electron chi connectivity index (χ1n) is 5.63. The maximum Gasteiger partial charge on any atom is 0.242 e. The lowest BCUT2D eigenvalue weighted by molar-refractivity contribution is -0.145. The molecule has 0 spiro atoms. The van der Waals surface area contributed by atoms with Crippen LogP contribution in [0.5, 0.6) is 0 Å². The van der Waals surface area contributed by atoms with E-state index in [9.17, 15) is 4.79 Å². The van der Waals surface area contributed by atoms with Crippen LogP contribution in [0.1, 0.15) is 27.7 Å². The van der Waals surface area contributed by atoms with Crippen molar-refractivity contribution in [2.75, 3.05) is 26.3 Å². The van der Waals surface area contributed by atoms with Crippen LogP contribution in [0, 0.1) is 0 Å². The minimum atomic E-state index is -0.472. The number of hydrogen-bond donors (Lipinski definition) is 1. The van der Waals surface area contributed by atoms with E-state index in [0.29, 0.717) is 19.8 Å². The molecule has 0 aromatic carbocycles. The molecule has 1 amide bonds. The van der Waals surface area contributed by atoms with E-state index in [-0.39, 0.29) is 11.9 Å². The fourth-order valence-electron chi connectivity index (χ4n) is 1.91. The number of nitrogens with zero attached hydrogens (tertiary/aromatic N) is 1. The molecular formula is C11H22N2O2. The zero-order valence-corrected chi connectivity index (χ0v) is 10.2. The van der Waals surface area contributed by atoms with Gasteiger partial charge in [0.15, 0.2) is 0 Å². The third-order valence-corrected chi connectivity index (χ3v) is 2.78. The molecule has 1 atom stereocenters. The van der Waals surface area contributed by atoms with E-state index in [2.05, 4.69) is 5.32 Å². The van der Waals surface area contributed by atoms with Gasteiger partial charge in [-0.15, -0.1) is 0 Å². The maximum absolute atomic E-state index is 12.2. The zero-order chi connectivity index (χ0) is 11.5. The Bertz CT molecular complexity index is 229. The molecule has 1 aliphatic rings. The highest BCUT2D eigenvalue weighted by molar-refractivity contribution is 5.85. The molecule has 1 rings (SSSR count). The molecule has 4 heteroatoms. The van der Waals surface area contributed by atoms with Crippen molar-refractivity contribution in [3.63, 3.8) is 0 Å². The van der Waals surface area contributed by atoms with Crippen LogP contribution in [0.3, 0.4) is 0 Å². The third kappa shape index (κ3) is 2.92. The summed E-state index contributed by atoms with van der Waals surface area (Å²) in [6.07, 6.45) is 0. The monoisotopic (exact) mass is 214 g/mol. The van der Waals surface area contributed by atoms with Gasteiger partial charge in [-0.1, -0.05) is 6.92 Å². The molecular weight excluding hydrogens is 192 g/mol. The quantitative estimate of drug-likeness (QED) is 0.749. The summed E-state index contributed by atoms with van der Waals surface area (Å²) < 4.78 is 5.32. The van der Waals surface area contributed by atoms with Crippen LogP contribution >= 0.6 is 0 Å². The summed E-state index contributed by atoms with van der Waals surface area (Å²) in [6, 6.07) is 0.184. The third-order valence-electron chi connectivity index (χ3n) is 2.78. The minimum Gasteiger partial charge on any atom is -0.377 e. The summed E-state index contributed by atoms with van der Waals surface area (Å²) in [5.41, 5.74) is -0.472. The molecule has 4 nitrogen and oxygen atoms in total. The number of rotatable bonds is 3. The fraction of sp³-hybridized carbons (Fsp3) is 0.909. The minimum absolute atomic E-state index is 0.167. The van der Waals surface area contributed by atoms with E-state index >= 15 is 0 Å². The molecule has 1 unspecified atom stereocenters. The largest absolute Gasteiger partial charge is 0.377 e. The van der Waals surface area contributed by atoms with Crippen molar-refractivity contribution in [3.05, 3.63) is 0 Å². The number of carbonyl (C=O) groups is 1. The van der Waals surface area contributed by atoms with Gasteiger partial charge in [-0.25, -0.2) is 0 Å². The second-order valence-electron chi connectivity index (χ2n) is 4.58. The summed E-state index contributed by atoms with van der Waals surface area (Å²) in [6.45, 7) is 10.7. The molecule has 15 heavy (non-hydrogen) atoms. The lowest BCUT2D eigenvalue weighted by Crippen LogP contribution is -2.59. The van der Waals surface area contributed by atoms with E-state index in [0.717, 1.165) is 6.54 Å². The predicted molar refractivity (Wildman–Crippen MR) is 59.7 cm³/mol. The number of morpholine rings is 1. The van der Waals surface area contributed by atoms with Crippen LogP contribution in [0.15, 0.2) is 0 Å². The van der Waals surface area contributed by atoms with Crippen LogP contribution in [-0.2, 0) is 9.53 Å². The first-order chi connectivity index (χ1) is 6.99. The van der Waals surface area contributed by atoms with E-state index in [4.69, 9.17) is 4.74 Å². The molecule has 1 fully saturated rings. The average Bonchev–Trinajstić information content (AvgIpc) is 2.17. The number of amides is 1. The van der Waals surface area contributed by atoms with Gasteiger partial charge in [-0.05, 0) is 27.3 Å². The SMILES string of the molecule is CCNC(C)(C)C(=O)N1CCOCC1C. The van der Waals surface area contributed by atoms with Gasteiger partial charge in [0.1, 0.15) is 0 Å². The highest BCUT2D eigenvalue weighted by atomic mass is 16.5. The van der Waals surface area contributed by atoms with Gasteiger partial charge >= 0.3 is 0 Å². The Hall–Kier alpha value is -0.610. The van der Waals surface area contributed by atoms with Gasteiger partial charge in [0.2, 0.25) is 5.91 Å². The Labute approximate surface area is 92.0 Å². The van der Waals surface area contributed by atoms with E-state index in [1.54, 1.807) is 0 Å². The number of ether oxygens (including phenoxy) is 1. The van der Waals surface area contributed by atoms with E-state index in [1.165, 1.54) is 0 Å². The Kier molecular flexibility index (Phi) is 4.11. The summed E-state index contributed by atoms with van der Waals surface area (Å²) >= 11 is 0. The van der Waals surface area contributed by atoms with E-state index < -0.39 is 5.54 Å². The van der Waals surface area contributed by atoms with Gasteiger partial charge in [-0.2, -0.15) is 0 Å². The number of nitrogens with one attached hydrogen (secondary N) is 1. The normalized spacial score (nSPS) is 22.9. The average molecular weight is 214 g/mol. The lowest BCUT2D eigenvalue weighted by Gasteiger charge is -2.38. The Balaban J connectivity index is 2.65. The van der Waals surface area contributed by atoms with Crippen molar-refractivity contribution in [2.45, 2.75) is 39.3 Å². The molecule has 0 aliphatic carbocycles. The van der Waals surface area contributed by atoms with Gasteiger partial charge in [0, 0.05) is 6.54 Å². The Morgan fingerprint density at radius 2 is 2.27 bits per heavy atom. The van der Waals surface area contributed by atoms with Gasteiger partial charge in [-0.3, -0.25) is 4.79 Å². The fourth-order valence-corrected chi connectivity index (χ4v) is 1.91. The Morgan fingerprint density at radius 3 is 2.80 bits per heavy atom. The summed E-state index contributed by atoms with van der Waals surface area (Å²) in [5, 5.41) is 3.21. The Morgan fingerprint density at radius 1 is 1.60 bits per heavy atom. The standard InChI is InChI=1S/C11H22N2O2/c1-5-12-11(3,4)10(14)13-6-7-15-8-9(13)2/h9,12H,5-8H2,1-4H3. The molecule has 0 aromatic rings. The molecule has 88 valence electrons. The van der Waals surface area contributed by atoms with Crippen molar-refractivity contribution in [1.29, 1.82) is 0 Å². The number of hydrogen-bond acceptors (Lipinski definition) is 3. The number of likely N-dealkylation sites (N-methyl/N-ethyl adjacent to an activating group) is 1. The molecule has 0 radical (unpaired) electrons. The molecule has 1 heterocycles. The van der Waals surface area contributed by atoms with Crippen molar-refractivity contribution in [2.24, 2.45) is 0 Å². The van der Waals surface area contributed by atoms with Crippen LogP contribution in [-0.4, -0.2) is 48.7 Å². The second-order valence-corrected chi connectivity index (χ2v) is 4.58. The summed E-state index contributed by atoms with van der Waals surface area (Å²) in [4.78, 5) is 14.1. The molecule has 0 bridgehead atoms. The van der Waals surface area contributed by atoms with Crippen LogP contribution < -0.4 is 5.32 Å². The molecule has 1 saturated heterocycles. The van der Waals surface area contributed by atoms with Gasteiger partial charge < -0.3 is 15.0 Å². The van der Waals surface area contributed by atoms with Crippen molar-refractivity contribution in [1.82, 2.24) is 10.2 Å². The predicted octanol–water partition coefficient (Wildman–Crippen LogP) is 0.622. The maximum atomic E-state index is 12.2. The number of carbonyl (C=O) groups excluding carboxylic acids is 1. The highest BCUT2D eigenvalue weighted by Crippen LogP contribution is 2.14. The van der Waals surface area contributed by atoms with Gasteiger partial charge in [0.25, 0.3) is 0 Å². The van der Waals surface area contributed by atoms with Crippen LogP contribution in [0.4, 0.5) is 0 Å². The van der Waals surface area contributed by atoms with E-state index in [1.807, 2.05) is 32.6 Å². The lowest BCUT2D eigenvalue weighted by atomic mass is 10.0. The zero-order valence-electron chi connectivity index (χ0n) is 10.2. The highest BCUT2D eigenvalue weighted by Gasteiger charge is 2.34. The molecule has 0 saturated carbocycles. The summed E-state index contributed by atoms with van der Waals surface area (Å²) in [5.74, 6) is 0.167. The topological polar surface area (TPSA) is 41.6 Å². The van der Waals surface area contributed by atoms with Crippen LogP contribution in [0.25, 0.3) is 0 Å². The molecule has 1 aliphatic heterocycles. The molecule has 1 N–H and O–H groups in total. The van der Waals surface area contributed by atoms with Crippen molar-refractivity contribution < 1.29 is 9.53 Å². The van der Waals surface area contributed by atoms with Gasteiger partial charge in [0.05, 0.1) is 24.8 Å².